The van der Waals surface area contributed by atoms with Gasteiger partial charge in [0.05, 0.1) is 41.0 Å². The molecule has 12 nitrogen and oxygen atoms in total. The number of unbranched alkanes of at least 4 members (excludes halogenated alkanes) is 14. The molecule has 5 rings (SSSR count). The van der Waals surface area contributed by atoms with Crippen molar-refractivity contribution in [2.24, 2.45) is 0 Å². The van der Waals surface area contributed by atoms with Gasteiger partial charge in [-0.15, -0.1) is 0 Å². The smallest absolute Gasteiger partial charge is 0.343 e. The van der Waals surface area contributed by atoms with Gasteiger partial charge in [0.15, 0.2) is 0 Å². The molecule has 0 saturated carbocycles. The zero-order valence-corrected chi connectivity index (χ0v) is 38.6. The number of benzene rings is 5. The fourth-order valence-corrected chi connectivity index (χ4v) is 7.02. The molecule has 0 heterocycles. The quantitative estimate of drug-likeness (QED) is 0.0275. The summed E-state index contributed by atoms with van der Waals surface area (Å²) in [5.74, 6) is -2.91. The lowest BCUT2D eigenvalue weighted by Crippen LogP contribution is -2.12. The van der Waals surface area contributed by atoms with Crippen molar-refractivity contribution in [2.45, 2.75) is 117 Å². The van der Waals surface area contributed by atoms with Crippen LogP contribution in [0.3, 0.4) is 0 Å². The molecular weight excluding hydrogens is 853 g/mol. The highest BCUT2D eigenvalue weighted by Gasteiger charge is 2.18. The number of rotatable bonds is 29. The van der Waals surface area contributed by atoms with Crippen LogP contribution in [0.5, 0.6) is 34.5 Å². The van der Waals surface area contributed by atoms with Gasteiger partial charge in [0.1, 0.15) is 34.5 Å². The molecular formula is C55H62O12. The molecule has 0 amide bonds. The molecule has 0 bridgehead atoms. The minimum Gasteiger partial charge on any atom is -0.494 e. The number of ether oxygens (including phenoxy) is 6. The standard InChI is InChI=1S/C55H62O12/c1-3-5-7-9-11-13-15-17-35-62-45-27-19-40(20-28-45)52(58)64-47-31-23-42(24-32-47)54(60)66-49-37-44(51(56)57)38-50(39-49)67-55(61)43-25-33-48(34-26-43)65-53(59)41-21-29-46(30-22-41)63-36-18-16-14-12-10-8-6-4-2/h19-34,37-39H,3-18,35-36H2,1-2H3,(H,56,57). The Hall–Kier alpha value is -6.95. The van der Waals surface area contributed by atoms with Crippen LogP contribution >= 0.6 is 0 Å². The molecule has 0 atom stereocenters. The summed E-state index contributed by atoms with van der Waals surface area (Å²) < 4.78 is 33.5. The van der Waals surface area contributed by atoms with E-state index in [0.717, 1.165) is 37.8 Å². The van der Waals surface area contributed by atoms with E-state index >= 15 is 0 Å². The molecule has 67 heavy (non-hydrogen) atoms. The van der Waals surface area contributed by atoms with E-state index in [0.29, 0.717) is 35.8 Å². The highest BCUT2D eigenvalue weighted by Crippen LogP contribution is 2.27. The average molecular weight is 915 g/mol. The van der Waals surface area contributed by atoms with Crippen LogP contribution in [0, 0.1) is 0 Å². The Labute approximate surface area is 393 Å². The predicted molar refractivity (Wildman–Crippen MR) is 255 cm³/mol. The van der Waals surface area contributed by atoms with Crippen molar-refractivity contribution in [3.05, 3.63) is 143 Å². The lowest BCUT2D eigenvalue weighted by atomic mass is 10.1. The fraction of sp³-hybridized carbons (Fsp3) is 0.364. The lowest BCUT2D eigenvalue weighted by molar-refractivity contribution is 0.0679. The maximum atomic E-state index is 13.1. The van der Waals surface area contributed by atoms with Crippen LogP contribution in [0.4, 0.5) is 0 Å². The van der Waals surface area contributed by atoms with Crippen molar-refractivity contribution < 1.29 is 57.5 Å². The van der Waals surface area contributed by atoms with E-state index in [-0.39, 0.29) is 39.7 Å². The second-order valence-electron chi connectivity index (χ2n) is 16.3. The van der Waals surface area contributed by atoms with E-state index in [1.165, 1.54) is 132 Å². The van der Waals surface area contributed by atoms with Crippen LogP contribution in [0.1, 0.15) is 168 Å². The normalized spacial score (nSPS) is 10.8. The Morgan fingerprint density at radius 1 is 0.328 bits per heavy atom. The van der Waals surface area contributed by atoms with Crippen molar-refractivity contribution in [1.82, 2.24) is 0 Å². The van der Waals surface area contributed by atoms with Gasteiger partial charge >= 0.3 is 29.8 Å². The first kappa shape index (κ1) is 51.0. The molecule has 0 aliphatic carbocycles. The van der Waals surface area contributed by atoms with Crippen molar-refractivity contribution in [3.63, 3.8) is 0 Å². The van der Waals surface area contributed by atoms with Gasteiger partial charge in [-0.2, -0.15) is 0 Å². The van der Waals surface area contributed by atoms with Crippen molar-refractivity contribution in [3.8, 4) is 34.5 Å². The van der Waals surface area contributed by atoms with Crippen molar-refractivity contribution in [1.29, 1.82) is 0 Å². The van der Waals surface area contributed by atoms with Crippen LogP contribution in [0.25, 0.3) is 0 Å². The number of aromatic carboxylic acids is 1. The van der Waals surface area contributed by atoms with Gasteiger partial charge in [0, 0.05) is 6.07 Å². The Bertz CT molecular complexity index is 2160. The Balaban J connectivity index is 1.06. The molecule has 0 unspecified atom stereocenters. The van der Waals surface area contributed by atoms with Crippen LogP contribution in [0.15, 0.2) is 115 Å². The van der Waals surface area contributed by atoms with Crippen LogP contribution < -0.4 is 28.4 Å². The van der Waals surface area contributed by atoms with Crippen LogP contribution in [-0.4, -0.2) is 48.2 Å². The van der Waals surface area contributed by atoms with Gasteiger partial charge in [-0.05, 0) is 122 Å². The van der Waals surface area contributed by atoms with E-state index in [1.54, 1.807) is 48.5 Å². The summed E-state index contributed by atoms with van der Waals surface area (Å²) in [5.41, 5.74) is 0.497. The predicted octanol–water partition coefficient (Wildman–Crippen LogP) is 13.3. The van der Waals surface area contributed by atoms with Gasteiger partial charge in [0.2, 0.25) is 0 Å². The van der Waals surface area contributed by atoms with E-state index < -0.39 is 29.8 Å². The highest BCUT2D eigenvalue weighted by molar-refractivity contribution is 5.95. The molecule has 5 aromatic rings. The summed E-state index contributed by atoms with van der Waals surface area (Å²) in [7, 11) is 0. The molecule has 0 aromatic heterocycles. The van der Waals surface area contributed by atoms with Gasteiger partial charge in [-0.1, -0.05) is 104 Å². The molecule has 0 aliphatic heterocycles. The molecule has 0 aliphatic rings. The molecule has 354 valence electrons. The summed E-state index contributed by atoms with van der Waals surface area (Å²) in [4.78, 5) is 63.7. The first-order valence-electron chi connectivity index (χ1n) is 23.5. The molecule has 0 saturated heterocycles. The maximum Gasteiger partial charge on any atom is 0.343 e. The summed E-state index contributed by atoms with van der Waals surface area (Å²) in [5, 5.41) is 9.73. The van der Waals surface area contributed by atoms with Crippen molar-refractivity contribution in [2.75, 3.05) is 13.2 Å². The molecule has 0 fully saturated rings. The number of hydrogen-bond acceptors (Lipinski definition) is 11. The summed E-state index contributed by atoms with van der Waals surface area (Å²) in [6, 6.07) is 28.1. The van der Waals surface area contributed by atoms with E-state index in [4.69, 9.17) is 28.4 Å². The van der Waals surface area contributed by atoms with Crippen LogP contribution in [-0.2, 0) is 0 Å². The molecule has 1 N–H and O–H groups in total. The lowest BCUT2D eigenvalue weighted by Gasteiger charge is -2.10. The third-order valence-corrected chi connectivity index (χ3v) is 10.9. The minimum atomic E-state index is -1.35. The highest BCUT2D eigenvalue weighted by atomic mass is 16.6. The topological polar surface area (TPSA) is 161 Å². The molecule has 0 spiro atoms. The zero-order valence-electron chi connectivity index (χ0n) is 38.6. The third kappa shape index (κ3) is 18.1. The third-order valence-electron chi connectivity index (χ3n) is 10.9. The maximum absolute atomic E-state index is 13.1. The summed E-state index contributed by atoms with van der Waals surface area (Å²) in [6.45, 7) is 5.65. The van der Waals surface area contributed by atoms with Gasteiger partial charge in [-0.3, -0.25) is 0 Å². The van der Waals surface area contributed by atoms with Crippen molar-refractivity contribution >= 4 is 29.8 Å². The largest absolute Gasteiger partial charge is 0.494 e. The molecule has 12 heteroatoms. The SMILES string of the molecule is CCCCCCCCCCOc1ccc(C(=O)Oc2ccc(C(=O)Oc3cc(OC(=O)c4ccc(OC(=O)c5ccc(OCCCCCCCCCC)cc5)cc4)cc(C(=O)O)c3)cc2)cc1. The molecule has 5 aromatic carbocycles. The van der Waals surface area contributed by atoms with Gasteiger partial charge in [-0.25, -0.2) is 24.0 Å². The monoisotopic (exact) mass is 914 g/mol. The minimum absolute atomic E-state index is 0.0771. The molecule has 0 radical (unpaired) electrons. The first-order chi connectivity index (χ1) is 32.6. The number of carbonyl (C=O) groups is 5. The second-order valence-corrected chi connectivity index (χ2v) is 16.3. The van der Waals surface area contributed by atoms with E-state index in [2.05, 4.69) is 13.8 Å². The van der Waals surface area contributed by atoms with Gasteiger partial charge in [0.25, 0.3) is 0 Å². The van der Waals surface area contributed by atoms with Gasteiger partial charge < -0.3 is 33.5 Å². The number of carbonyl (C=O) groups excluding carboxylic acids is 4. The first-order valence-corrected chi connectivity index (χ1v) is 23.5. The summed E-state index contributed by atoms with van der Waals surface area (Å²) >= 11 is 0. The zero-order chi connectivity index (χ0) is 47.6. The second kappa shape index (κ2) is 28.2. The number of esters is 4. The number of carboxylic acids is 1. The Morgan fingerprint density at radius 3 is 0.896 bits per heavy atom. The number of hydrogen-bond donors (Lipinski definition) is 1. The average Bonchev–Trinajstić information content (AvgIpc) is 3.33. The van der Waals surface area contributed by atoms with Crippen LogP contribution in [0.2, 0.25) is 0 Å². The number of carboxylic acid groups (broad SMARTS) is 1. The Morgan fingerprint density at radius 2 is 0.597 bits per heavy atom. The summed E-state index contributed by atoms with van der Waals surface area (Å²) in [6.07, 6.45) is 19.4. The van der Waals surface area contributed by atoms with E-state index in [1.807, 2.05) is 0 Å². The Kier molecular flexibility index (Phi) is 21.5. The fourth-order valence-electron chi connectivity index (χ4n) is 7.02. The van der Waals surface area contributed by atoms with E-state index in [9.17, 15) is 29.1 Å².